The van der Waals surface area contributed by atoms with Crippen molar-refractivity contribution in [3.05, 3.63) is 59.3 Å². The summed E-state index contributed by atoms with van der Waals surface area (Å²) in [5, 5.41) is 7.19. The van der Waals surface area contributed by atoms with Crippen LogP contribution in [-0.2, 0) is 6.42 Å². The van der Waals surface area contributed by atoms with Gasteiger partial charge in [-0.05, 0) is 62.9 Å². The van der Waals surface area contributed by atoms with Crippen LogP contribution < -0.4 is 22.1 Å². The molecule has 2 aromatic heterocycles. The van der Waals surface area contributed by atoms with Crippen molar-refractivity contribution in [1.29, 1.82) is 0 Å². The van der Waals surface area contributed by atoms with Gasteiger partial charge < -0.3 is 31.4 Å². The molecule has 0 aromatic carbocycles. The Balaban J connectivity index is 1.11. The van der Waals surface area contributed by atoms with Crippen molar-refractivity contribution >= 4 is 23.8 Å². The summed E-state index contributed by atoms with van der Waals surface area (Å²) in [6.45, 7) is 9.50. The average Bonchev–Trinajstić information content (AvgIpc) is 3.62. The van der Waals surface area contributed by atoms with Crippen molar-refractivity contribution in [2.24, 2.45) is 27.6 Å². The summed E-state index contributed by atoms with van der Waals surface area (Å²) in [7, 11) is 0. The Bertz CT molecular complexity index is 1220. The van der Waals surface area contributed by atoms with E-state index < -0.39 is 0 Å². The third kappa shape index (κ3) is 5.97. The predicted molar refractivity (Wildman–Crippen MR) is 152 cm³/mol. The van der Waals surface area contributed by atoms with Gasteiger partial charge in [0, 0.05) is 44.0 Å². The summed E-state index contributed by atoms with van der Waals surface area (Å²) in [5.41, 5.74) is 15.1. The summed E-state index contributed by atoms with van der Waals surface area (Å²) in [5.74, 6) is 2.35. The maximum Gasteiger partial charge on any atom is 0.222 e. The van der Waals surface area contributed by atoms with Crippen molar-refractivity contribution in [3.63, 3.8) is 0 Å². The summed E-state index contributed by atoms with van der Waals surface area (Å²) in [4.78, 5) is 20.5. The molecule has 2 aromatic rings. The van der Waals surface area contributed by atoms with E-state index in [9.17, 15) is 0 Å². The number of nitrogens with one attached hydrogen (secondary N) is 2. The van der Waals surface area contributed by atoms with Gasteiger partial charge in [0.1, 0.15) is 0 Å². The molecule has 4 atom stereocenters. The van der Waals surface area contributed by atoms with Crippen LogP contribution in [0.1, 0.15) is 43.7 Å². The number of hydrogen-bond acceptors (Lipinski definition) is 9. The summed E-state index contributed by atoms with van der Waals surface area (Å²) in [6, 6.07) is 4.17. The van der Waals surface area contributed by atoms with Crippen molar-refractivity contribution in [2.75, 3.05) is 38.5 Å². The van der Waals surface area contributed by atoms with Gasteiger partial charge in [0.05, 0.1) is 23.6 Å². The largest absolute Gasteiger partial charge is 0.461 e. The van der Waals surface area contributed by atoms with Gasteiger partial charge in [0.2, 0.25) is 5.95 Å². The number of nitrogens with two attached hydrogens (primary N) is 2. The monoisotopic (exact) mass is 517 g/mol. The van der Waals surface area contributed by atoms with Gasteiger partial charge in [-0.25, -0.2) is 9.98 Å². The fourth-order valence-electron chi connectivity index (χ4n) is 5.42. The second-order valence-corrected chi connectivity index (χ2v) is 10.3. The Morgan fingerprint density at radius 2 is 2.24 bits per heavy atom. The van der Waals surface area contributed by atoms with Gasteiger partial charge in [-0.2, -0.15) is 4.98 Å². The maximum atomic E-state index is 6.09. The number of amidine groups is 1. The Labute approximate surface area is 224 Å². The first kappa shape index (κ1) is 26.1. The van der Waals surface area contributed by atoms with E-state index in [1.165, 1.54) is 12.1 Å². The number of fused-ring (bicyclic) bond motifs is 2. The zero-order valence-electron chi connectivity index (χ0n) is 22.3. The minimum Gasteiger partial charge on any atom is -0.461 e. The molecule has 3 aliphatic rings. The van der Waals surface area contributed by atoms with Crippen LogP contribution in [0, 0.1) is 11.8 Å². The highest BCUT2D eigenvalue weighted by molar-refractivity contribution is 5.98. The van der Waals surface area contributed by atoms with Crippen LogP contribution in [0.25, 0.3) is 0 Å². The highest BCUT2D eigenvalue weighted by atomic mass is 16.3. The zero-order chi connectivity index (χ0) is 26.5. The lowest BCUT2D eigenvalue weighted by atomic mass is 9.91. The number of allylic oxidation sites excluding steroid dienone is 1. The Morgan fingerprint density at radius 1 is 1.34 bits per heavy atom. The number of nitrogen functional groups attached to an aromatic ring is 1. The molecule has 2 aliphatic heterocycles. The van der Waals surface area contributed by atoms with E-state index in [-0.39, 0.29) is 17.8 Å². The Kier molecular flexibility index (Phi) is 8.19. The number of hydrogen-bond donors (Lipinski definition) is 4. The molecule has 1 fully saturated rings. The van der Waals surface area contributed by atoms with Crippen molar-refractivity contribution in [1.82, 2.24) is 25.5 Å². The highest BCUT2D eigenvalue weighted by Crippen LogP contribution is 2.28. The molecular weight excluding hydrogens is 478 g/mol. The molecule has 1 aliphatic carbocycles. The summed E-state index contributed by atoms with van der Waals surface area (Å²) in [6.07, 6.45) is 13.4. The number of anilines is 1. The lowest BCUT2D eigenvalue weighted by Crippen LogP contribution is -2.34. The number of furan rings is 1. The van der Waals surface area contributed by atoms with E-state index in [4.69, 9.17) is 20.9 Å². The lowest BCUT2D eigenvalue weighted by molar-refractivity contribution is 0.352. The smallest absolute Gasteiger partial charge is 0.222 e. The molecule has 0 radical (unpaired) electrons. The van der Waals surface area contributed by atoms with Gasteiger partial charge in [-0.3, -0.25) is 4.99 Å². The molecule has 6 N–H and O–H groups in total. The molecule has 202 valence electrons. The van der Waals surface area contributed by atoms with E-state index in [1.54, 1.807) is 18.4 Å². The minimum absolute atomic E-state index is 0.135. The number of aromatic nitrogens is 2. The standard InChI is InChI=1S/C28H39N9O/c1-3-37(20-6-7-22-19(15-20)9-11-32-22)13-12-31-10-8-18(2)23-16-24-21(17-33-23)27(36-28(30)34-24)35-26(29)25-5-4-14-38-25/h4-7,14-15,17-19,22-23,31-32H,3,8-13,16H2,1-2H3,(H4,29,30,34,35,36). The van der Waals surface area contributed by atoms with E-state index in [0.717, 1.165) is 50.4 Å². The van der Waals surface area contributed by atoms with Crippen molar-refractivity contribution < 1.29 is 4.42 Å². The first-order chi connectivity index (χ1) is 18.5. The molecule has 10 nitrogen and oxygen atoms in total. The van der Waals surface area contributed by atoms with E-state index in [1.807, 2.05) is 6.21 Å². The second-order valence-electron chi connectivity index (χ2n) is 10.3. The first-order valence-electron chi connectivity index (χ1n) is 13.7. The molecule has 0 bridgehead atoms. The number of aliphatic imine (C=N–C) groups is 2. The Morgan fingerprint density at radius 3 is 3.05 bits per heavy atom. The minimum atomic E-state index is 0.135. The fraction of sp³-hybridized carbons (Fsp3) is 0.500. The number of rotatable bonds is 11. The molecular formula is C28H39N9O. The van der Waals surface area contributed by atoms with E-state index in [0.29, 0.717) is 35.9 Å². The topological polar surface area (TPSA) is 143 Å². The van der Waals surface area contributed by atoms with Crippen LogP contribution in [0.3, 0.4) is 0 Å². The van der Waals surface area contributed by atoms with Crippen LogP contribution in [0.15, 0.2) is 56.7 Å². The average molecular weight is 518 g/mol. The number of nitrogens with zero attached hydrogens (tertiary/aromatic N) is 5. The molecule has 10 heteroatoms. The molecule has 4 unspecified atom stereocenters. The Hall–Kier alpha value is -3.50. The van der Waals surface area contributed by atoms with Crippen LogP contribution in [0.4, 0.5) is 11.8 Å². The molecule has 38 heavy (non-hydrogen) atoms. The van der Waals surface area contributed by atoms with Crippen molar-refractivity contribution in [3.8, 4) is 0 Å². The van der Waals surface area contributed by atoms with Gasteiger partial charge in [0.15, 0.2) is 17.4 Å². The van der Waals surface area contributed by atoms with Crippen LogP contribution in [0.2, 0.25) is 0 Å². The normalized spacial score (nSPS) is 23.2. The van der Waals surface area contributed by atoms with Gasteiger partial charge >= 0.3 is 0 Å². The molecule has 4 heterocycles. The fourth-order valence-corrected chi connectivity index (χ4v) is 5.42. The third-order valence-electron chi connectivity index (χ3n) is 7.74. The van der Waals surface area contributed by atoms with Gasteiger partial charge in [-0.15, -0.1) is 0 Å². The SMILES string of the molecule is CCN(CCNCCC(C)C1Cc2nc(N)nc(N=C(N)c3ccco3)c2C=N1)C1=CC2CCNC2C=C1. The first-order valence-corrected chi connectivity index (χ1v) is 13.7. The molecule has 5 rings (SSSR count). The molecule has 1 saturated heterocycles. The van der Waals surface area contributed by atoms with Crippen molar-refractivity contribution in [2.45, 2.75) is 45.2 Å². The summed E-state index contributed by atoms with van der Waals surface area (Å²) >= 11 is 0. The van der Waals surface area contributed by atoms with Gasteiger partial charge in [0.25, 0.3) is 0 Å². The molecule has 0 amide bonds. The van der Waals surface area contributed by atoms with Crippen LogP contribution in [-0.4, -0.2) is 71.7 Å². The van der Waals surface area contributed by atoms with E-state index >= 15 is 0 Å². The van der Waals surface area contributed by atoms with Gasteiger partial charge in [-0.1, -0.05) is 19.1 Å². The quantitative estimate of drug-likeness (QED) is 0.202. The van der Waals surface area contributed by atoms with Crippen LogP contribution in [0.5, 0.6) is 0 Å². The lowest BCUT2D eigenvalue weighted by Gasteiger charge is -2.29. The third-order valence-corrected chi connectivity index (χ3v) is 7.74. The highest BCUT2D eigenvalue weighted by Gasteiger charge is 2.27. The van der Waals surface area contributed by atoms with E-state index in [2.05, 4.69) is 62.6 Å². The summed E-state index contributed by atoms with van der Waals surface area (Å²) < 4.78 is 5.33. The predicted octanol–water partition coefficient (Wildman–Crippen LogP) is 2.40. The molecule has 0 saturated carbocycles. The number of likely N-dealkylation sites (N-methyl/N-ethyl adjacent to an activating group) is 1. The maximum absolute atomic E-state index is 6.09. The zero-order valence-corrected chi connectivity index (χ0v) is 22.3. The molecule has 0 spiro atoms. The second kappa shape index (κ2) is 11.9. The van der Waals surface area contributed by atoms with Crippen LogP contribution >= 0.6 is 0 Å².